The minimum absolute atomic E-state index is 0.863. The van der Waals surface area contributed by atoms with Gasteiger partial charge in [0.1, 0.15) is 0 Å². The summed E-state index contributed by atoms with van der Waals surface area (Å²) in [5.41, 5.74) is 7.67. The third-order valence-electron chi connectivity index (χ3n) is 4.41. The summed E-state index contributed by atoms with van der Waals surface area (Å²) < 4.78 is 3.04. The van der Waals surface area contributed by atoms with Crippen LogP contribution in [0.1, 0.15) is 18.2 Å². The van der Waals surface area contributed by atoms with Gasteiger partial charge >= 0.3 is 0 Å². The van der Waals surface area contributed by atoms with E-state index in [2.05, 4.69) is 83.3 Å². The molecule has 0 saturated carbocycles. The Balaban J connectivity index is 1.97. The quantitative estimate of drug-likeness (QED) is 0.448. The third kappa shape index (κ3) is 2.87. The molecule has 0 aliphatic carbocycles. The second-order valence-corrected chi connectivity index (χ2v) is 7.03. The summed E-state index contributed by atoms with van der Waals surface area (Å²) in [5.74, 6) is 0. The van der Waals surface area contributed by atoms with Crippen molar-refractivity contribution in [3.05, 3.63) is 76.5 Å². The van der Waals surface area contributed by atoms with E-state index in [1.807, 2.05) is 16.8 Å². The molecule has 0 atom stereocenters. The minimum atomic E-state index is 0.863. The minimum Gasteiger partial charge on any atom is -0.236 e. The van der Waals surface area contributed by atoms with Crippen molar-refractivity contribution < 1.29 is 0 Å². The predicted molar refractivity (Wildman–Crippen MR) is 106 cm³/mol. The largest absolute Gasteiger partial charge is 0.236 e. The second kappa shape index (κ2) is 6.45. The molecule has 2 aromatic heterocycles. The highest BCUT2D eigenvalue weighted by Gasteiger charge is 2.17. The Morgan fingerprint density at radius 2 is 1.60 bits per heavy atom. The highest BCUT2D eigenvalue weighted by atomic mass is 79.9. The lowest BCUT2D eigenvalue weighted by Gasteiger charge is -2.06. The average molecular weight is 392 g/mol. The lowest BCUT2D eigenvalue weighted by atomic mass is 10.0. The molecule has 2 heterocycles. The number of benzene rings is 2. The molecule has 0 N–H and O–H groups in total. The number of nitrogens with zero attached hydrogens (tertiary/aromatic N) is 3. The molecule has 0 saturated heterocycles. The normalized spacial score (nSPS) is 11.2. The van der Waals surface area contributed by atoms with Crippen LogP contribution >= 0.6 is 15.9 Å². The van der Waals surface area contributed by atoms with E-state index in [9.17, 15) is 0 Å². The van der Waals surface area contributed by atoms with Crippen LogP contribution in [0, 0.1) is 6.92 Å². The Morgan fingerprint density at radius 1 is 0.920 bits per heavy atom. The van der Waals surface area contributed by atoms with Gasteiger partial charge in [-0.25, -0.2) is 9.50 Å². The maximum atomic E-state index is 4.87. The molecule has 124 valence electrons. The molecular formula is C21H18BrN3. The smallest absolute Gasteiger partial charge is 0.163 e. The van der Waals surface area contributed by atoms with Gasteiger partial charge in [-0.1, -0.05) is 64.8 Å². The van der Waals surface area contributed by atoms with Crippen molar-refractivity contribution in [3.8, 4) is 22.4 Å². The molecule has 2 aromatic carbocycles. The topological polar surface area (TPSA) is 30.2 Å². The molecule has 0 aliphatic heterocycles. The zero-order valence-electron chi connectivity index (χ0n) is 14.2. The predicted octanol–water partition coefficient (Wildman–Crippen LogP) is 5.70. The van der Waals surface area contributed by atoms with E-state index in [-0.39, 0.29) is 0 Å². The Labute approximate surface area is 155 Å². The van der Waals surface area contributed by atoms with E-state index in [0.717, 1.165) is 44.6 Å². The van der Waals surface area contributed by atoms with Crippen LogP contribution in [0.15, 0.2) is 65.3 Å². The Morgan fingerprint density at radius 3 is 2.28 bits per heavy atom. The van der Waals surface area contributed by atoms with Gasteiger partial charge in [-0.2, -0.15) is 5.10 Å². The fourth-order valence-electron chi connectivity index (χ4n) is 3.09. The summed E-state index contributed by atoms with van der Waals surface area (Å²) in [6.07, 6.45) is 2.73. The van der Waals surface area contributed by atoms with E-state index in [0.29, 0.717) is 0 Å². The van der Waals surface area contributed by atoms with Crippen LogP contribution in [0.5, 0.6) is 0 Å². The Hall–Kier alpha value is -2.46. The van der Waals surface area contributed by atoms with Crippen molar-refractivity contribution in [3.63, 3.8) is 0 Å². The standard InChI is InChI=1S/C21H18BrN3/c1-3-18-20(16-8-10-17(22)11-9-16)21-23-13-12-19(25(21)24-18)15-6-4-14(2)5-7-15/h4-13H,3H2,1-2H3. The van der Waals surface area contributed by atoms with Crippen LogP contribution in [0.2, 0.25) is 0 Å². The summed E-state index contributed by atoms with van der Waals surface area (Å²) >= 11 is 3.51. The van der Waals surface area contributed by atoms with Gasteiger partial charge in [0.2, 0.25) is 0 Å². The monoisotopic (exact) mass is 391 g/mol. The van der Waals surface area contributed by atoms with E-state index < -0.39 is 0 Å². The maximum absolute atomic E-state index is 4.87. The first-order valence-corrected chi connectivity index (χ1v) is 9.16. The third-order valence-corrected chi connectivity index (χ3v) is 4.93. The van der Waals surface area contributed by atoms with Crippen molar-refractivity contribution in [1.82, 2.24) is 14.6 Å². The van der Waals surface area contributed by atoms with Crippen molar-refractivity contribution in [1.29, 1.82) is 0 Å². The molecule has 0 amide bonds. The Kier molecular flexibility index (Phi) is 4.14. The summed E-state index contributed by atoms with van der Waals surface area (Å²) in [6.45, 7) is 4.23. The van der Waals surface area contributed by atoms with Crippen molar-refractivity contribution >= 4 is 21.6 Å². The number of aromatic nitrogens is 3. The van der Waals surface area contributed by atoms with E-state index in [1.54, 1.807) is 0 Å². The number of hydrogen-bond donors (Lipinski definition) is 0. The summed E-state index contributed by atoms with van der Waals surface area (Å²) in [4.78, 5) is 4.64. The number of fused-ring (bicyclic) bond motifs is 1. The van der Waals surface area contributed by atoms with Crippen LogP contribution in [0.3, 0.4) is 0 Å². The lowest BCUT2D eigenvalue weighted by molar-refractivity contribution is 0.893. The lowest BCUT2D eigenvalue weighted by Crippen LogP contribution is -1.96. The maximum Gasteiger partial charge on any atom is 0.163 e. The molecular weight excluding hydrogens is 374 g/mol. The number of aryl methyl sites for hydroxylation is 2. The molecule has 0 unspecified atom stereocenters. The van der Waals surface area contributed by atoms with E-state index in [4.69, 9.17) is 5.10 Å². The number of hydrogen-bond acceptors (Lipinski definition) is 2. The fraction of sp³-hybridized carbons (Fsp3) is 0.143. The van der Waals surface area contributed by atoms with Crippen LogP contribution in [-0.4, -0.2) is 14.6 Å². The van der Waals surface area contributed by atoms with Crippen molar-refractivity contribution in [2.75, 3.05) is 0 Å². The van der Waals surface area contributed by atoms with Crippen LogP contribution in [0.25, 0.3) is 28.0 Å². The zero-order chi connectivity index (χ0) is 17.4. The molecule has 0 radical (unpaired) electrons. The molecule has 25 heavy (non-hydrogen) atoms. The van der Waals surface area contributed by atoms with Crippen LogP contribution in [0.4, 0.5) is 0 Å². The SMILES string of the molecule is CCc1nn2c(-c3ccc(C)cc3)ccnc2c1-c1ccc(Br)cc1. The highest BCUT2D eigenvalue weighted by Crippen LogP contribution is 2.31. The average Bonchev–Trinajstić information content (AvgIpc) is 3.02. The van der Waals surface area contributed by atoms with Gasteiger partial charge in [-0.15, -0.1) is 0 Å². The van der Waals surface area contributed by atoms with Crippen LogP contribution < -0.4 is 0 Å². The zero-order valence-corrected chi connectivity index (χ0v) is 15.8. The van der Waals surface area contributed by atoms with E-state index >= 15 is 0 Å². The molecule has 4 aromatic rings. The fourth-order valence-corrected chi connectivity index (χ4v) is 3.36. The molecule has 4 heteroatoms. The van der Waals surface area contributed by atoms with Crippen molar-refractivity contribution in [2.24, 2.45) is 0 Å². The van der Waals surface area contributed by atoms with Gasteiger partial charge in [0.05, 0.1) is 11.4 Å². The highest BCUT2D eigenvalue weighted by molar-refractivity contribution is 9.10. The van der Waals surface area contributed by atoms with Gasteiger partial charge in [0.15, 0.2) is 5.65 Å². The first-order chi connectivity index (χ1) is 12.2. The van der Waals surface area contributed by atoms with Gasteiger partial charge in [-0.05, 0) is 37.1 Å². The van der Waals surface area contributed by atoms with Gasteiger partial charge in [-0.3, -0.25) is 0 Å². The summed E-state index contributed by atoms with van der Waals surface area (Å²) in [6, 6.07) is 18.9. The van der Waals surface area contributed by atoms with Gasteiger partial charge in [0, 0.05) is 21.8 Å². The van der Waals surface area contributed by atoms with Gasteiger partial charge in [0.25, 0.3) is 0 Å². The first-order valence-electron chi connectivity index (χ1n) is 8.37. The molecule has 0 spiro atoms. The van der Waals surface area contributed by atoms with Crippen molar-refractivity contribution in [2.45, 2.75) is 20.3 Å². The van der Waals surface area contributed by atoms with Crippen LogP contribution in [-0.2, 0) is 6.42 Å². The molecule has 0 fully saturated rings. The van der Waals surface area contributed by atoms with Gasteiger partial charge < -0.3 is 0 Å². The molecule has 3 nitrogen and oxygen atoms in total. The van der Waals surface area contributed by atoms with E-state index in [1.165, 1.54) is 5.56 Å². The molecule has 0 bridgehead atoms. The molecule has 0 aliphatic rings. The second-order valence-electron chi connectivity index (χ2n) is 6.11. The summed E-state index contributed by atoms with van der Waals surface area (Å²) in [5, 5.41) is 4.87. The first kappa shape index (κ1) is 16.0. The summed E-state index contributed by atoms with van der Waals surface area (Å²) in [7, 11) is 0. The Bertz CT molecular complexity index is 1030. The number of halogens is 1. The molecule has 4 rings (SSSR count). The number of rotatable bonds is 3.